The number of ether oxygens (including phenoxy) is 3. The molecule has 0 saturated heterocycles. The summed E-state index contributed by atoms with van der Waals surface area (Å²) in [6.45, 7) is 2.92. The van der Waals surface area contributed by atoms with Gasteiger partial charge in [0, 0.05) is 23.5 Å². The second-order valence-corrected chi connectivity index (χ2v) is 6.87. The fourth-order valence-corrected chi connectivity index (χ4v) is 2.91. The maximum Gasteiger partial charge on any atom is 0.282 e. The number of quaternary nitrogens is 1. The molecule has 0 aromatic heterocycles. The van der Waals surface area contributed by atoms with Crippen LogP contribution in [0.1, 0.15) is 6.92 Å². The van der Waals surface area contributed by atoms with Crippen molar-refractivity contribution >= 4 is 23.2 Å². The van der Waals surface area contributed by atoms with E-state index in [9.17, 15) is 9.59 Å². The molecule has 3 N–H and O–H groups in total. The Bertz CT molecular complexity index is 886. The topological polar surface area (TPSA) is 90.3 Å². The molecule has 8 nitrogen and oxygen atoms in total. The van der Waals surface area contributed by atoms with Gasteiger partial charge < -0.3 is 29.7 Å². The first-order chi connectivity index (χ1) is 14.0. The van der Waals surface area contributed by atoms with Gasteiger partial charge in [-0.3, -0.25) is 9.59 Å². The number of methoxy groups -OCH3 is 1. The van der Waals surface area contributed by atoms with Crippen LogP contribution in [-0.2, 0) is 9.59 Å². The van der Waals surface area contributed by atoms with Crippen molar-refractivity contribution < 1.29 is 28.7 Å². The van der Waals surface area contributed by atoms with Gasteiger partial charge in [0.25, 0.3) is 11.8 Å². The number of nitrogens with one attached hydrogen (secondary N) is 3. The standard InChI is InChI=1S/C21H25N3O5/c1-14(21(26)23-16-7-8-18-19(12-16)29-10-9-28-18)24(2)13-20(25)22-15-5-4-6-17(11-15)27-3/h4-8,11-12,14H,9-10,13H2,1-3H3,(H,22,25)(H,23,26)/p+1/t14-/m0/s1. The number of carbonyl (C=O) groups is 2. The van der Waals surface area contributed by atoms with E-state index in [1.54, 1.807) is 63.5 Å². The maximum absolute atomic E-state index is 12.6. The summed E-state index contributed by atoms with van der Waals surface area (Å²) in [5, 5.41) is 5.69. The molecule has 1 aliphatic heterocycles. The monoisotopic (exact) mass is 400 g/mol. The average Bonchev–Trinajstić information content (AvgIpc) is 2.73. The maximum atomic E-state index is 12.6. The van der Waals surface area contributed by atoms with Gasteiger partial charge in [0.2, 0.25) is 0 Å². The number of anilines is 2. The number of amides is 2. The van der Waals surface area contributed by atoms with Gasteiger partial charge >= 0.3 is 0 Å². The van der Waals surface area contributed by atoms with Crippen LogP contribution in [0.3, 0.4) is 0 Å². The number of likely N-dealkylation sites (N-methyl/N-ethyl adjacent to an activating group) is 1. The summed E-state index contributed by atoms with van der Waals surface area (Å²) in [5.74, 6) is 1.57. The van der Waals surface area contributed by atoms with E-state index in [0.29, 0.717) is 41.8 Å². The summed E-state index contributed by atoms with van der Waals surface area (Å²) < 4.78 is 16.2. The minimum absolute atomic E-state index is 0.146. The van der Waals surface area contributed by atoms with Crippen molar-refractivity contribution in [2.45, 2.75) is 13.0 Å². The Hall–Kier alpha value is -3.26. The van der Waals surface area contributed by atoms with Gasteiger partial charge in [0.15, 0.2) is 24.1 Å². The highest BCUT2D eigenvalue weighted by atomic mass is 16.6. The zero-order valence-electron chi connectivity index (χ0n) is 16.8. The Morgan fingerprint density at radius 3 is 2.55 bits per heavy atom. The molecule has 0 saturated carbocycles. The van der Waals surface area contributed by atoms with E-state index in [2.05, 4.69) is 10.6 Å². The first-order valence-corrected chi connectivity index (χ1v) is 9.43. The van der Waals surface area contributed by atoms with Crippen molar-refractivity contribution in [2.75, 3.05) is 44.5 Å². The molecule has 2 amide bonds. The first kappa shape index (κ1) is 20.5. The van der Waals surface area contributed by atoms with Crippen molar-refractivity contribution in [1.82, 2.24) is 0 Å². The van der Waals surface area contributed by atoms with Crippen molar-refractivity contribution in [3.8, 4) is 17.2 Å². The second-order valence-electron chi connectivity index (χ2n) is 6.87. The van der Waals surface area contributed by atoms with Crippen LogP contribution in [0.25, 0.3) is 0 Å². The summed E-state index contributed by atoms with van der Waals surface area (Å²) in [6.07, 6.45) is 0. The fraction of sp³-hybridized carbons (Fsp3) is 0.333. The molecule has 1 aliphatic rings. The number of carbonyl (C=O) groups excluding carboxylic acids is 2. The zero-order valence-corrected chi connectivity index (χ0v) is 16.8. The Morgan fingerprint density at radius 2 is 1.79 bits per heavy atom. The number of fused-ring (bicyclic) bond motifs is 1. The van der Waals surface area contributed by atoms with E-state index < -0.39 is 6.04 Å². The van der Waals surface area contributed by atoms with Crippen LogP contribution in [0.4, 0.5) is 11.4 Å². The van der Waals surface area contributed by atoms with E-state index in [4.69, 9.17) is 14.2 Å². The molecule has 0 radical (unpaired) electrons. The molecule has 1 heterocycles. The molecule has 2 atom stereocenters. The lowest BCUT2D eigenvalue weighted by molar-refractivity contribution is -0.885. The minimum atomic E-state index is -0.431. The van der Waals surface area contributed by atoms with Gasteiger partial charge in [0.1, 0.15) is 19.0 Å². The largest absolute Gasteiger partial charge is 0.497 e. The van der Waals surface area contributed by atoms with E-state index in [1.165, 1.54) is 0 Å². The molecule has 2 aromatic rings. The molecule has 0 fully saturated rings. The highest BCUT2D eigenvalue weighted by Gasteiger charge is 2.24. The van der Waals surface area contributed by atoms with Gasteiger partial charge in [-0.05, 0) is 31.2 Å². The van der Waals surface area contributed by atoms with E-state index in [0.717, 1.165) is 4.90 Å². The van der Waals surface area contributed by atoms with Gasteiger partial charge in [0.05, 0.1) is 14.2 Å². The van der Waals surface area contributed by atoms with Gasteiger partial charge in [-0.15, -0.1) is 0 Å². The first-order valence-electron chi connectivity index (χ1n) is 9.43. The van der Waals surface area contributed by atoms with Crippen LogP contribution in [0.2, 0.25) is 0 Å². The van der Waals surface area contributed by atoms with E-state index in [-0.39, 0.29) is 18.4 Å². The van der Waals surface area contributed by atoms with Gasteiger partial charge in [-0.25, -0.2) is 0 Å². The predicted octanol–water partition coefficient (Wildman–Crippen LogP) is 0.947. The number of rotatable bonds is 7. The van der Waals surface area contributed by atoms with Crippen molar-refractivity contribution in [3.05, 3.63) is 42.5 Å². The molecule has 0 aliphatic carbocycles. The summed E-state index contributed by atoms with van der Waals surface area (Å²) in [7, 11) is 3.38. The van der Waals surface area contributed by atoms with E-state index in [1.807, 2.05) is 0 Å². The second kappa shape index (κ2) is 9.29. The summed E-state index contributed by atoms with van der Waals surface area (Å²) in [4.78, 5) is 25.7. The highest BCUT2D eigenvalue weighted by Crippen LogP contribution is 2.32. The molecule has 154 valence electrons. The lowest BCUT2D eigenvalue weighted by Crippen LogP contribution is -3.14. The Balaban J connectivity index is 1.54. The molecule has 8 heteroatoms. The van der Waals surface area contributed by atoms with Crippen LogP contribution in [0.15, 0.2) is 42.5 Å². The summed E-state index contributed by atoms with van der Waals surface area (Å²) >= 11 is 0. The Morgan fingerprint density at radius 1 is 1.07 bits per heavy atom. The van der Waals surface area contributed by atoms with Crippen LogP contribution in [-0.4, -0.2) is 51.8 Å². The molecule has 3 rings (SSSR count). The van der Waals surface area contributed by atoms with Crippen LogP contribution in [0.5, 0.6) is 17.2 Å². The SMILES string of the molecule is COc1cccc(NC(=O)C[NH+](C)[C@@H](C)C(=O)Nc2ccc3c(c2)OCCO3)c1. The van der Waals surface area contributed by atoms with Crippen LogP contribution < -0.4 is 29.7 Å². The van der Waals surface area contributed by atoms with E-state index >= 15 is 0 Å². The number of hydrogen-bond donors (Lipinski definition) is 3. The minimum Gasteiger partial charge on any atom is -0.497 e. The van der Waals surface area contributed by atoms with Crippen LogP contribution in [0, 0.1) is 0 Å². The smallest absolute Gasteiger partial charge is 0.282 e. The third-order valence-electron chi connectivity index (χ3n) is 4.74. The summed E-state index contributed by atoms with van der Waals surface area (Å²) in [6, 6.07) is 12.0. The zero-order chi connectivity index (χ0) is 20.8. The molecule has 29 heavy (non-hydrogen) atoms. The quantitative estimate of drug-likeness (QED) is 0.644. The fourth-order valence-electron chi connectivity index (χ4n) is 2.91. The molecule has 0 bridgehead atoms. The van der Waals surface area contributed by atoms with Gasteiger partial charge in [-0.1, -0.05) is 6.07 Å². The number of hydrogen-bond acceptors (Lipinski definition) is 5. The molecular formula is C21H26N3O5+. The third kappa shape index (κ3) is 5.39. The van der Waals surface area contributed by atoms with Crippen molar-refractivity contribution in [2.24, 2.45) is 0 Å². The van der Waals surface area contributed by atoms with Crippen molar-refractivity contribution in [1.29, 1.82) is 0 Å². The van der Waals surface area contributed by atoms with Crippen LogP contribution >= 0.6 is 0 Å². The Kier molecular flexibility index (Phi) is 6.56. The Labute approximate surface area is 169 Å². The number of benzene rings is 2. The predicted molar refractivity (Wildman–Crippen MR) is 109 cm³/mol. The lowest BCUT2D eigenvalue weighted by atomic mass is 10.2. The van der Waals surface area contributed by atoms with Crippen molar-refractivity contribution in [3.63, 3.8) is 0 Å². The molecule has 2 aromatic carbocycles. The normalized spacial score (nSPS) is 14.4. The third-order valence-corrected chi connectivity index (χ3v) is 4.74. The molecular weight excluding hydrogens is 374 g/mol. The molecule has 0 spiro atoms. The molecule has 1 unspecified atom stereocenters. The average molecular weight is 400 g/mol. The lowest BCUT2D eigenvalue weighted by Gasteiger charge is -2.22. The van der Waals surface area contributed by atoms with Gasteiger partial charge in [-0.2, -0.15) is 0 Å². The highest BCUT2D eigenvalue weighted by molar-refractivity contribution is 5.95. The summed E-state index contributed by atoms with van der Waals surface area (Å²) in [5.41, 5.74) is 1.27.